The molecule has 2 N–H and O–H groups in total. The number of aryl methyl sites for hydroxylation is 1. The molecular formula is C17H17NO2. The molecule has 3 heteroatoms. The molecule has 0 amide bonds. The zero-order chi connectivity index (χ0) is 14.5. The molecule has 0 atom stereocenters. The Hall–Kier alpha value is -2.55. The molecule has 0 aromatic heterocycles. The summed E-state index contributed by atoms with van der Waals surface area (Å²) in [6.45, 7) is 5.81. The van der Waals surface area contributed by atoms with Gasteiger partial charge in [-0.25, -0.2) is 0 Å². The predicted octanol–water partition coefficient (Wildman–Crippen LogP) is 3.90. The van der Waals surface area contributed by atoms with Crippen molar-refractivity contribution >= 4 is 11.5 Å². The van der Waals surface area contributed by atoms with Crippen molar-refractivity contribution in [2.45, 2.75) is 13.3 Å². The number of ketones is 1. The minimum absolute atomic E-state index is 0.00193. The van der Waals surface area contributed by atoms with E-state index in [1.807, 2.05) is 31.2 Å². The third-order valence-corrected chi connectivity index (χ3v) is 2.96. The van der Waals surface area contributed by atoms with Gasteiger partial charge in [-0.1, -0.05) is 48.5 Å². The molecule has 0 heterocycles. The van der Waals surface area contributed by atoms with E-state index < -0.39 is 0 Å². The van der Waals surface area contributed by atoms with Gasteiger partial charge in [0, 0.05) is 11.3 Å². The molecule has 2 aromatic carbocycles. The van der Waals surface area contributed by atoms with Gasteiger partial charge in [0.2, 0.25) is 0 Å². The smallest absolute Gasteiger partial charge is 0.168 e. The first kappa shape index (κ1) is 13.9. The van der Waals surface area contributed by atoms with Crippen molar-refractivity contribution < 1.29 is 9.90 Å². The van der Waals surface area contributed by atoms with Gasteiger partial charge in [0.05, 0.1) is 12.1 Å². The van der Waals surface area contributed by atoms with Gasteiger partial charge in [-0.3, -0.25) is 4.79 Å². The molecule has 0 spiro atoms. The highest BCUT2D eigenvalue weighted by molar-refractivity contribution is 5.97. The quantitative estimate of drug-likeness (QED) is 0.638. The lowest BCUT2D eigenvalue weighted by molar-refractivity contribution is 0.0993. The number of carbonyl (C=O) groups excluding carboxylic acids is 1. The van der Waals surface area contributed by atoms with Gasteiger partial charge < -0.3 is 10.4 Å². The highest BCUT2D eigenvalue weighted by Gasteiger charge is 2.09. The molecular weight excluding hydrogens is 250 g/mol. The van der Waals surface area contributed by atoms with Crippen LogP contribution in [0.1, 0.15) is 22.3 Å². The van der Waals surface area contributed by atoms with E-state index in [4.69, 9.17) is 0 Å². The fraction of sp³-hybridized carbons (Fsp3) is 0.118. The van der Waals surface area contributed by atoms with Crippen LogP contribution in [0.15, 0.2) is 60.8 Å². The Labute approximate surface area is 118 Å². The number of rotatable bonds is 5. The molecule has 0 radical (unpaired) electrons. The standard InChI is InChI=1S/C17H17NO2/c1-12-7-9-14(10-8-12)17(20)11-13(2)18-15-5-3-4-6-16(15)19/h3-10,18-19H,2,11H2,1H3. The van der Waals surface area contributed by atoms with Crippen molar-refractivity contribution in [1.29, 1.82) is 0 Å². The second kappa shape index (κ2) is 6.06. The Balaban J connectivity index is 2.00. The number of hydrogen-bond donors (Lipinski definition) is 2. The summed E-state index contributed by atoms with van der Waals surface area (Å²) in [6, 6.07) is 14.3. The Morgan fingerprint density at radius 2 is 1.80 bits per heavy atom. The van der Waals surface area contributed by atoms with Crippen LogP contribution in [0, 0.1) is 6.92 Å². The van der Waals surface area contributed by atoms with E-state index in [2.05, 4.69) is 11.9 Å². The number of hydrogen-bond acceptors (Lipinski definition) is 3. The summed E-state index contributed by atoms with van der Waals surface area (Å²) in [5, 5.41) is 12.6. The number of anilines is 1. The number of aromatic hydroxyl groups is 1. The Bertz CT molecular complexity index is 630. The van der Waals surface area contributed by atoms with Crippen molar-refractivity contribution in [3.63, 3.8) is 0 Å². The van der Waals surface area contributed by atoms with Gasteiger partial charge in [-0.2, -0.15) is 0 Å². The van der Waals surface area contributed by atoms with E-state index in [-0.39, 0.29) is 18.0 Å². The average Bonchev–Trinajstić information content (AvgIpc) is 2.42. The Morgan fingerprint density at radius 1 is 1.15 bits per heavy atom. The molecule has 0 bridgehead atoms. The second-order valence-corrected chi connectivity index (χ2v) is 4.71. The summed E-state index contributed by atoms with van der Waals surface area (Å²) < 4.78 is 0. The summed E-state index contributed by atoms with van der Waals surface area (Å²) in [4.78, 5) is 12.1. The fourth-order valence-electron chi connectivity index (χ4n) is 1.85. The van der Waals surface area contributed by atoms with Gasteiger partial charge in [0.25, 0.3) is 0 Å². The summed E-state index contributed by atoms with van der Waals surface area (Å²) in [6.07, 6.45) is 0.192. The topological polar surface area (TPSA) is 49.3 Å². The first-order valence-electron chi connectivity index (χ1n) is 6.39. The van der Waals surface area contributed by atoms with Crippen LogP contribution in [0.3, 0.4) is 0 Å². The molecule has 0 aliphatic rings. The summed E-state index contributed by atoms with van der Waals surface area (Å²) in [7, 11) is 0. The third kappa shape index (κ3) is 3.48. The van der Waals surface area contributed by atoms with E-state index in [1.54, 1.807) is 24.3 Å². The molecule has 3 nitrogen and oxygen atoms in total. The van der Waals surface area contributed by atoms with Crippen molar-refractivity contribution in [1.82, 2.24) is 0 Å². The zero-order valence-electron chi connectivity index (χ0n) is 11.4. The maximum absolute atomic E-state index is 12.1. The highest BCUT2D eigenvalue weighted by atomic mass is 16.3. The summed E-state index contributed by atoms with van der Waals surface area (Å²) in [5.41, 5.74) is 2.88. The molecule has 2 rings (SSSR count). The normalized spacial score (nSPS) is 10.1. The minimum Gasteiger partial charge on any atom is -0.506 e. The minimum atomic E-state index is -0.00193. The van der Waals surface area contributed by atoms with Crippen LogP contribution in [0.2, 0.25) is 0 Å². The van der Waals surface area contributed by atoms with Crippen LogP contribution in [-0.2, 0) is 0 Å². The van der Waals surface area contributed by atoms with Gasteiger partial charge in [-0.15, -0.1) is 0 Å². The predicted molar refractivity (Wildman–Crippen MR) is 81.0 cm³/mol. The third-order valence-electron chi connectivity index (χ3n) is 2.96. The van der Waals surface area contributed by atoms with E-state index in [1.165, 1.54) is 0 Å². The molecule has 0 unspecified atom stereocenters. The van der Waals surface area contributed by atoms with Crippen LogP contribution >= 0.6 is 0 Å². The van der Waals surface area contributed by atoms with E-state index in [9.17, 15) is 9.90 Å². The lowest BCUT2D eigenvalue weighted by Crippen LogP contribution is -2.06. The number of phenolic OH excluding ortho intramolecular Hbond substituents is 1. The second-order valence-electron chi connectivity index (χ2n) is 4.71. The first-order chi connectivity index (χ1) is 9.56. The molecule has 0 saturated heterocycles. The number of carbonyl (C=O) groups is 1. The van der Waals surface area contributed by atoms with Gasteiger partial charge in [0.15, 0.2) is 5.78 Å². The molecule has 0 fully saturated rings. The SMILES string of the molecule is C=C(CC(=O)c1ccc(C)cc1)Nc1ccccc1O. The van der Waals surface area contributed by atoms with Gasteiger partial charge in [-0.05, 0) is 19.1 Å². The van der Waals surface area contributed by atoms with E-state index in [0.717, 1.165) is 5.56 Å². The number of Topliss-reactive ketones (excluding diaryl/α,β-unsaturated/α-hetero) is 1. The number of para-hydroxylation sites is 2. The average molecular weight is 267 g/mol. The van der Waals surface area contributed by atoms with Crippen LogP contribution in [0.5, 0.6) is 5.75 Å². The molecule has 20 heavy (non-hydrogen) atoms. The lowest BCUT2D eigenvalue weighted by atomic mass is 10.1. The first-order valence-corrected chi connectivity index (χ1v) is 6.39. The largest absolute Gasteiger partial charge is 0.506 e. The van der Waals surface area contributed by atoms with E-state index in [0.29, 0.717) is 16.9 Å². The van der Waals surface area contributed by atoms with Crippen molar-refractivity contribution in [3.8, 4) is 5.75 Å². The summed E-state index contributed by atoms with van der Waals surface area (Å²) in [5.74, 6) is 0.134. The maximum Gasteiger partial charge on any atom is 0.168 e. The number of nitrogens with one attached hydrogen (secondary N) is 1. The molecule has 2 aromatic rings. The van der Waals surface area contributed by atoms with Crippen molar-refractivity contribution in [3.05, 3.63) is 71.9 Å². The fourth-order valence-corrected chi connectivity index (χ4v) is 1.85. The molecule has 102 valence electrons. The van der Waals surface area contributed by atoms with Gasteiger partial charge in [0.1, 0.15) is 5.75 Å². The van der Waals surface area contributed by atoms with Gasteiger partial charge >= 0.3 is 0 Å². The monoisotopic (exact) mass is 267 g/mol. The van der Waals surface area contributed by atoms with Crippen molar-refractivity contribution in [2.75, 3.05) is 5.32 Å². The summed E-state index contributed by atoms with van der Waals surface area (Å²) >= 11 is 0. The van der Waals surface area contributed by atoms with Crippen molar-refractivity contribution in [2.24, 2.45) is 0 Å². The Morgan fingerprint density at radius 3 is 2.45 bits per heavy atom. The Kier molecular flexibility index (Phi) is 4.20. The number of allylic oxidation sites excluding steroid dienone is 1. The highest BCUT2D eigenvalue weighted by Crippen LogP contribution is 2.23. The molecule has 0 aliphatic carbocycles. The van der Waals surface area contributed by atoms with E-state index >= 15 is 0 Å². The number of phenols is 1. The molecule has 0 aliphatic heterocycles. The van der Waals surface area contributed by atoms with Crippen LogP contribution < -0.4 is 5.32 Å². The van der Waals surface area contributed by atoms with Crippen LogP contribution in [0.4, 0.5) is 5.69 Å². The van der Waals surface area contributed by atoms with Crippen LogP contribution in [0.25, 0.3) is 0 Å². The molecule has 0 saturated carbocycles. The van der Waals surface area contributed by atoms with Crippen LogP contribution in [-0.4, -0.2) is 10.9 Å². The maximum atomic E-state index is 12.1. The lowest BCUT2D eigenvalue weighted by Gasteiger charge is -2.10. The number of benzene rings is 2. The zero-order valence-corrected chi connectivity index (χ0v) is 11.4.